The third-order valence-corrected chi connectivity index (χ3v) is 5.20. The topological polar surface area (TPSA) is 82.1 Å². The number of rotatable bonds is 4. The van der Waals surface area contributed by atoms with Gasteiger partial charge in [0.1, 0.15) is 12.2 Å². The highest BCUT2D eigenvalue weighted by atomic mass is 16.6. The highest BCUT2D eigenvalue weighted by Gasteiger charge is 2.65. The van der Waals surface area contributed by atoms with Crippen molar-refractivity contribution in [1.29, 1.82) is 0 Å². The minimum absolute atomic E-state index is 0.00739. The predicted molar refractivity (Wildman–Crippen MR) is 83.8 cm³/mol. The number of allylic oxidation sites excluding steroid dienone is 1. The molecule has 4 fully saturated rings. The maximum absolute atomic E-state index is 12.4. The molecule has 4 heterocycles. The van der Waals surface area contributed by atoms with Crippen molar-refractivity contribution in [3.63, 3.8) is 0 Å². The fraction of sp³-hybridized carbons (Fsp3) is 0.556. The lowest BCUT2D eigenvalue weighted by Crippen LogP contribution is -2.49. The molecule has 0 aliphatic carbocycles. The number of aliphatic carboxylic acids is 1. The van der Waals surface area contributed by atoms with E-state index in [4.69, 9.17) is 20.6 Å². The molecule has 4 aliphatic heterocycles. The summed E-state index contributed by atoms with van der Waals surface area (Å²) in [5.41, 5.74) is -0.194. The van der Waals surface area contributed by atoms with Crippen LogP contribution in [0.4, 0.5) is 0 Å². The van der Waals surface area contributed by atoms with Crippen molar-refractivity contribution in [3.8, 4) is 12.3 Å². The van der Waals surface area contributed by atoms with Crippen LogP contribution in [-0.4, -0.2) is 47.6 Å². The Labute approximate surface area is 140 Å². The maximum atomic E-state index is 12.4. The van der Waals surface area contributed by atoms with Gasteiger partial charge in [-0.15, -0.1) is 6.42 Å². The van der Waals surface area contributed by atoms with E-state index in [1.807, 2.05) is 6.92 Å². The lowest BCUT2D eigenvalue weighted by Gasteiger charge is -2.38. The Morgan fingerprint density at radius 1 is 1.12 bits per heavy atom. The molecular formula is C18H20O6. The quantitative estimate of drug-likeness (QED) is 0.362. The van der Waals surface area contributed by atoms with Crippen LogP contribution in [0.5, 0.6) is 0 Å². The number of carbonyl (C=O) groups is 2. The van der Waals surface area contributed by atoms with Crippen molar-refractivity contribution in [2.24, 2.45) is 11.8 Å². The van der Waals surface area contributed by atoms with E-state index in [1.165, 1.54) is 19.1 Å². The van der Waals surface area contributed by atoms with Crippen LogP contribution < -0.4 is 0 Å². The minimum atomic E-state index is -1.24. The van der Waals surface area contributed by atoms with Crippen LogP contribution in [0.3, 0.4) is 0 Å². The number of carbonyl (C=O) groups excluding carboxylic acids is 1. The third-order valence-electron chi connectivity index (χ3n) is 5.20. The van der Waals surface area contributed by atoms with Crippen molar-refractivity contribution >= 4 is 11.9 Å². The lowest BCUT2D eigenvalue weighted by molar-refractivity contribution is -0.179. The third kappa shape index (κ3) is 2.45. The second kappa shape index (κ2) is 6.08. The molecule has 0 aromatic rings. The zero-order chi connectivity index (χ0) is 17.6. The SMILES string of the molecule is C#C/C=C\C(C(=O)O)=C(/C)C(=O)OC1C2OC3C(C)C(OC31)C2C. The molecule has 6 nitrogen and oxygen atoms in total. The van der Waals surface area contributed by atoms with Gasteiger partial charge in [-0.3, -0.25) is 0 Å². The van der Waals surface area contributed by atoms with Crippen molar-refractivity contribution in [2.75, 3.05) is 0 Å². The van der Waals surface area contributed by atoms with Gasteiger partial charge in [-0.2, -0.15) is 0 Å². The summed E-state index contributed by atoms with van der Waals surface area (Å²) in [5.74, 6) is 0.656. The van der Waals surface area contributed by atoms with Crippen LogP contribution in [0.1, 0.15) is 20.8 Å². The molecule has 6 heteroatoms. The second-order valence-electron chi connectivity index (χ2n) is 6.56. The number of carboxylic acids is 1. The summed E-state index contributed by atoms with van der Waals surface area (Å²) >= 11 is 0. The maximum Gasteiger partial charge on any atom is 0.336 e. The summed E-state index contributed by atoms with van der Waals surface area (Å²) in [6.45, 7) is 5.50. The van der Waals surface area contributed by atoms with Crippen molar-refractivity contribution < 1.29 is 28.9 Å². The summed E-state index contributed by atoms with van der Waals surface area (Å²) in [4.78, 5) is 23.7. The van der Waals surface area contributed by atoms with Crippen LogP contribution in [0.25, 0.3) is 0 Å². The molecule has 0 radical (unpaired) electrons. The van der Waals surface area contributed by atoms with Gasteiger partial charge in [-0.1, -0.05) is 19.8 Å². The Hall–Kier alpha value is -2.10. The summed E-state index contributed by atoms with van der Waals surface area (Å²) in [5, 5.41) is 9.23. The Kier molecular flexibility index (Phi) is 4.24. The van der Waals surface area contributed by atoms with E-state index < -0.39 is 18.0 Å². The average Bonchev–Trinajstić information content (AvgIpc) is 2.96. The fourth-order valence-corrected chi connectivity index (χ4v) is 3.94. The normalized spacial score (nSPS) is 40.5. The largest absolute Gasteiger partial charge is 0.478 e. The highest BCUT2D eigenvalue weighted by molar-refractivity contribution is 6.01. The zero-order valence-corrected chi connectivity index (χ0v) is 13.8. The Bertz CT molecular complexity index is 665. The molecule has 0 aromatic carbocycles. The summed E-state index contributed by atoms with van der Waals surface area (Å²) in [6.07, 6.45) is 6.59. The molecule has 24 heavy (non-hydrogen) atoms. The Balaban J connectivity index is 1.79. The van der Waals surface area contributed by atoms with Gasteiger partial charge in [0.15, 0.2) is 6.10 Å². The van der Waals surface area contributed by atoms with Gasteiger partial charge in [0.2, 0.25) is 0 Å². The Morgan fingerprint density at radius 3 is 2.38 bits per heavy atom. The molecule has 7 unspecified atom stereocenters. The molecule has 4 bridgehead atoms. The average molecular weight is 332 g/mol. The lowest BCUT2D eigenvalue weighted by atomic mass is 9.87. The van der Waals surface area contributed by atoms with Gasteiger partial charge in [-0.25, -0.2) is 9.59 Å². The number of hydrogen-bond donors (Lipinski definition) is 1. The molecule has 4 saturated heterocycles. The van der Waals surface area contributed by atoms with Gasteiger partial charge < -0.3 is 19.3 Å². The summed E-state index contributed by atoms with van der Waals surface area (Å²) in [6, 6.07) is 0. The smallest absolute Gasteiger partial charge is 0.336 e. The molecule has 128 valence electrons. The highest BCUT2D eigenvalue weighted by Crippen LogP contribution is 2.50. The predicted octanol–water partition coefficient (Wildman–Crippen LogP) is 1.31. The first-order valence-electron chi connectivity index (χ1n) is 7.95. The van der Waals surface area contributed by atoms with E-state index in [0.29, 0.717) is 0 Å². The molecule has 0 spiro atoms. The van der Waals surface area contributed by atoms with Crippen LogP contribution in [-0.2, 0) is 23.8 Å². The molecule has 4 aliphatic rings. The zero-order valence-electron chi connectivity index (χ0n) is 13.8. The number of terminal acetylenes is 1. The summed E-state index contributed by atoms with van der Waals surface area (Å²) < 4.78 is 17.5. The summed E-state index contributed by atoms with van der Waals surface area (Å²) in [7, 11) is 0. The molecule has 7 atom stereocenters. The van der Waals surface area contributed by atoms with Crippen molar-refractivity contribution in [2.45, 2.75) is 51.3 Å². The van der Waals surface area contributed by atoms with Crippen LogP contribution >= 0.6 is 0 Å². The van der Waals surface area contributed by atoms with E-state index in [-0.39, 0.29) is 47.4 Å². The van der Waals surface area contributed by atoms with Gasteiger partial charge >= 0.3 is 11.9 Å². The van der Waals surface area contributed by atoms with E-state index >= 15 is 0 Å². The van der Waals surface area contributed by atoms with E-state index in [1.54, 1.807) is 0 Å². The standard InChI is InChI=1S/C18H20O6/c1-5-6-7-11(17(19)20)8(2)18(21)24-16-14-10(4)12-9(3)13(23-14)15(16)22-12/h1,6-7,9-10,12-16H,2-4H3,(H,19,20)/b7-6-,11-8-. The van der Waals surface area contributed by atoms with Gasteiger partial charge in [0, 0.05) is 17.4 Å². The number of hydrogen-bond acceptors (Lipinski definition) is 5. The molecular weight excluding hydrogens is 312 g/mol. The first-order valence-corrected chi connectivity index (χ1v) is 7.95. The second-order valence-corrected chi connectivity index (χ2v) is 6.56. The first-order chi connectivity index (χ1) is 11.4. The molecule has 0 aromatic heterocycles. The van der Waals surface area contributed by atoms with Crippen LogP contribution in [0, 0.1) is 24.2 Å². The molecule has 0 amide bonds. The number of ether oxygens (including phenoxy) is 3. The van der Waals surface area contributed by atoms with E-state index in [0.717, 1.165) is 0 Å². The number of carboxylic acid groups (broad SMARTS) is 1. The Morgan fingerprint density at radius 2 is 1.75 bits per heavy atom. The monoisotopic (exact) mass is 332 g/mol. The van der Waals surface area contributed by atoms with Gasteiger partial charge in [-0.05, 0) is 19.1 Å². The van der Waals surface area contributed by atoms with Crippen LogP contribution in [0.15, 0.2) is 23.3 Å². The molecule has 1 N–H and O–H groups in total. The molecule has 4 rings (SSSR count). The van der Waals surface area contributed by atoms with Crippen LogP contribution in [0.2, 0.25) is 0 Å². The minimum Gasteiger partial charge on any atom is -0.478 e. The first kappa shape index (κ1) is 16.7. The van der Waals surface area contributed by atoms with Crippen molar-refractivity contribution in [1.82, 2.24) is 0 Å². The van der Waals surface area contributed by atoms with Gasteiger partial charge in [0.25, 0.3) is 0 Å². The van der Waals surface area contributed by atoms with Gasteiger partial charge in [0.05, 0.1) is 17.8 Å². The number of esters is 1. The van der Waals surface area contributed by atoms with E-state index in [2.05, 4.69) is 12.8 Å². The van der Waals surface area contributed by atoms with Crippen molar-refractivity contribution in [3.05, 3.63) is 23.3 Å². The fourth-order valence-electron chi connectivity index (χ4n) is 3.94. The van der Waals surface area contributed by atoms with E-state index in [9.17, 15) is 14.7 Å². The molecule has 0 saturated carbocycles.